The third kappa shape index (κ3) is 15.4. The molecule has 6 saturated carbocycles. The Hall–Kier alpha value is -5.63. The zero-order valence-corrected chi connectivity index (χ0v) is 58.8. The van der Waals surface area contributed by atoms with Crippen LogP contribution in [0.15, 0.2) is 25.3 Å². The van der Waals surface area contributed by atoms with E-state index in [2.05, 4.69) is 83.4 Å². The molecule has 10 amide bonds. The van der Waals surface area contributed by atoms with Gasteiger partial charge in [0.25, 0.3) is 11.8 Å². The number of sulfone groups is 2. The highest BCUT2D eigenvalue weighted by atomic mass is 32.2. The van der Waals surface area contributed by atoms with Crippen LogP contribution in [0.3, 0.4) is 0 Å². The van der Waals surface area contributed by atoms with Gasteiger partial charge in [0.05, 0.1) is 45.2 Å². The second-order valence-electron chi connectivity index (χ2n) is 32.7. The van der Waals surface area contributed by atoms with Gasteiger partial charge in [-0.15, -0.1) is 13.2 Å². The van der Waals surface area contributed by atoms with Crippen molar-refractivity contribution in [2.24, 2.45) is 57.2 Å². The number of carbonyl (C=O) groups is 9. The minimum atomic E-state index is -3.29. The van der Waals surface area contributed by atoms with Gasteiger partial charge in [0.15, 0.2) is 25.8 Å². The summed E-state index contributed by atoms with van der Waals surface area (Å²) in [6, 6.07) is -6.68. The molecule has 0 spiro atoms. The zero-order chi connectivity index (χ0) is 69.1. The van der Waals surface area contributed by atoms with Crippen molar-refractivity contribution in [3.8, 4) is 0 Å². The maximum atomic E-state index is 14.4. The van der Waals surface area contributed by atoms with Crippen molar-refractivity contribution < 1.29 is 65.1 Å². The molecule has 26 heteroatoms. The summed E-state index contributed by atoms with van der Waals surface area (Å²) in [6.45, 7) is 27.5. The van der Waals surface area contributed by atoms with Crippen LogP contribution in [0.25, 0.3) is 0 Å². The van der Waals surface area contributed by atoms with Gasteiger partial charge in [-0.1, -0.05) is 146 Å². The third-order valence-corrected chi connectivity index (χ3v) is 27.9. The fourth-order valence-electron chi connectivity index (χ4n) is 16.9. The lowest BCUT2D eigenvalue weighted by atomic mass is 9.78. The highest BCUT2D eigenvalue weighted by Gasteiger charge is 2.71. The summed E-state index contributed by atoms with van der Waals surface area (Å²) in [6.07, 6.45) is 14.7. The number of piperidine rings is 2. The second kappa shape index (κ2) is 27.4. The van der Waals surface area contributed by atoms with Gasteiger partial charge in [-0.2, -0.15) is 0 Å². The van der Waals surface area contributed by atoms with Gasteiger partial charge in [0.2, 0.25) is 29.4 Å². The molecule has 10 fully saturated rings. The van der Waals surface area contributed by atoms with E-state index in [4.69, 9.17) is 0 Å². The molecule has 10 rings (SSSR count). The first kappa shape index (κ1) is 72.6. The molecular weight excluding hydrogens is 1240 g/mol. The predicted octanol–water partition coefficient (Wildman–Crippen LogP) is 4.25. The predicted molar refractivity (Wildman–Crippen MR) is 354 cm³/mol. The van der Waals surface area contributed by atoms with Gasteiger partial charge in [-0.05, 0) is 109 Å². The van der Waals surface area contributed by atoms with Crippen LogP contribution in [-0.2, 0) is 53.2 Å². The Morgan fingerprint density at radius 2 is 0.947 bits per heavy atom. The number of hydrogen-bond donors (Lipinski definition) is 9. The molecule has 9 N–H and O–H groups in total. The monoisotopic (exact) mass is 1350 g/mol. The minimum absolute atomic E-state index is 0.0689. The number of fused-ring (bicyclic) bond motifs is 2. The number of nitrogens with zero attached hydrogens (tertiary/aromatic N) is 2. The van der Waals surface area contributed by atoms with Gasteiger partial charge < -0.3 is 57.4 Å². The number of rotatable bonds is 24. The van der Waals surface area contributed by atoms with Crippen LogP contribution in [0, 0.1) is 57.2 Å². The third-order valence-electron chi connectivity index (χ3n) is 23.2. The Bertz CT molecular complexity index is 3190. The van der Waals surface area contributed by atoms with Crippen LogP contribution in [0.1, 0.15) is 185 Å². The number of carbonyl (C=O) groups excluding carboxylic acids is 9. The van der Waals surface area contributed by atoms with Gasteiger partial charge in [0.1, 0.15) is 24.2 Å². The summed E-state index contributed by atoms with van der Waals surface area (Å²) in [7, 11) is -6.57. The molecule has 0 aromatic rings. The SMILES string of the molecule is C=CCNC(=O)C(=O)[C@H](CC1CC1)NC(=O)[C@@H]1[C@@H]2[C@H](CN1C(=O)[C@@H](NC(=O)NC1([C@@H]3CCS3(=O)=O)CCCCC1)C(C)(C)C)C2(C)C.C=CCNC(=O)C(O)[C@H](CC1CC1)NC(=O)[C@@H]1[C@@H]2[C@H](CN1C(=O)[C@@H](NC(=O)NC1([C@@H]3CCS3(=O)=O)CCCCC1)C(C)(C)C)C2(C)C. The van der Waals surface area contributed by atoms with E-state index in [1.54, 1.807) is 4.90 Å². The van der Waals surface area contributed by atoms with E-state index in [0.717, 1.165) is 64.2 Å². The lowest BCUT2D eigenvalue weighted by Gasteiger charge is -2.47. The average Bonchev–Trinajstić information content (AvgIpc) is 1.51. The van der Waals surface area contributed by atoms with Crippen LogP contribution in [0.5, 0.6) is 0 Å². The summed E-state index contributed by atoms with van der Waals surface area (Å²) in [5.74, 6) is -3.04. The van der Waals surface area contributed by atoms with E-state index >= 15 is 0 Å². The molecule has 94 heavy (non-hydrogen) atoms. The molecule has 0 aromatic carbocycles. The fourth-order valence-corrected chi connectivity index (χ4v) is 20.5. The van der Waals surface area contributed by atoms with Gasteiger partial charge >= 0.3 is 12.1 Å². The highest BCUT2D eigenvalue weighted by Crippen LogP contribution is 2.66. The summed E-state index contributed by atoms with van der Waals surface area (Å²) >= 11 is 0. The molecule has 4 saturated heterocycles. The average molecular weight is 1350 g/mol. The second-order valence-corrected chi connectivity index (χ2v) is 37.3. The molecule has 6 aliphatic carbocycles. The van der Waals surface area contributed by atoms with Crippen molar-refractivity contribution in [2.45, 2.75) is 249 Å². The Morgan fingerprint density at radius 1 is 0.553 bits per heavy atom. The lowest BCUT2D eigenvalue weighted by Crippen LogP contribution is -2.67. The van der Waals surface area contributed by atoms with Crippen molar-refractivity contribution in [1.29, 1.82) is 0 Å². The summed E-state index contributed by atoms with van der Waals surface area (Å²) in [5, 5.41) is 32.5. The highest BCUT2D eigenvalue weighted by molar-refractivity contribution is 7.93. The molecule has 0 radical (unpaired) electrons. The molecular formula is C68H108N10O14S2. The molecule has 24 nitrogen and oxygen atoms in total. The minimum Gasteiger partial charge on any atom is -0.381 e. The van der Waals surface area contributed by atoms with E-state index < -0.39 is 142 Å². The molecule has 10 aliphatic rings. The quantitative estimate of drug-likeness (QED) is 0.0482. The number of urea groups is 2. The number of ketones is 1. The van der Waals surface area contributed by atoms with E-state index in [0.29, 0.717) is 70.4 Å². The Morgan fingerprint density at radius 3 is 1.31 bits per heavy atom. The van der Waals surface area contributed by atoms with Crippen LogP contribution < -0.4 is 42.5 Å². The van der Waals surface area contributed by atoms with Crippen LogP contribution >= 0.6 is 0 Å². The number of nitrogens with one attached hydrogen (secondary N) is 8. The van der Waals surface area contributed by atoms with Crippen LogP contribution in [-0.4, -0.2) is 187 Å². The van der Waals surface area contributed by atoms with E-state index in [1.807, 2.05) is 41.5 Å². The van der Waals surface area contributed by atoms with Crippen molar-refractivity contribution >= 4 is 73.0 Å². The molecule has 0 aromatic heterocycles. The maximum Gasteiger partial charge on any atom is 0.315 e. The van der Waals surface area contributed by atoms with Crippen LogP contribution in [0.4, 0.5) is 9.59 Å². The van der Waals surface area contributed by atoms with Gasteiger partial charge in [-0.25, -0.2) is 26.4 Å². The fraction of sp³-hybridized carbons (Fsp3) is 0.809. The summed E-state index contributed by atoms with van der Waals surface area (Å²) < 4.78 is 50.8. The van der Waals surface area contributed by atoms with Crippen molar-refractivity contribution in [1.82, 2.24) is 52.3 Å². The van der Waals surface area contributed by atoms with Crippen molar-refractivity contribution in [3.63, 3.8) is 0 Å². The van der Waals surface area contributed by atoms with Gasteiger partial charge in [0, 0.05) is 26.2 Å². The van der Waals surface area contributed by atoms with E-state index in [9.17, 15) is 65.1 Å². The molecule has 13 atom stereocenters. The molecule has 4 heterocycles. The Labute approximate surface area is 556 Å². The largest absolute Gasteiger partial charge is 0.381 e. The number of amides is 10. The molecule has 0 bridgehead atoms. The first-order chi connectivity index (χ1) is 43.9. The van der Waals surface area contributed by atoms with Crippen molar-refractivity contribution in [3.05, 3.63) is 25.3 Å². The normalized spacial score (nSPS) is 30.0. The summed E-state index contributed by atoms with van der Waals surface area (Å²) in [4.78, 5) is 126. The van der Waals surface area contributed by atoms with Crippen molar-refractivity contribution in [2.75, 3.05) is 37.7 Å². The Kier molecular flexibility index (Phi) is 21.1. The molecule has 526 valence electrons. The van der Waals surface area contributed by atoms with Crippen LogP contribution in [0.2, 0.25) is 0 Å². The number of likely N-dealkylation sites (tertiary alicyclic amines) is 2. The summed E-state index contributed by atoms with van der Waals surface area (Å²) in [5.41, 5.74) is -3.56. The first-order valence-electron chi connectivity index (χ1n) is 34.7. The molecule has 1 unspecified atom stereocenters. The maximum absolute atomic E-state index is 14.4. The topological polar surface area (TPSA) is 345 Å². The lowest BCUT2D eigenvalue weighted by molar-refractivity contribution is -0.145. The molecule has 4 aliphatic heterocycles. The number of aliphatic hydroxyl groups excluding tert-OH is 1. The Balaban J connectivity index is 0.000000221. The first-order valence-corrected chi connectivity index (χ1v) is 38.1. The van der Waals surface area contributed by atoms with Gasteiger partial charge in [-0.3, -0.25) is 33.6 Å². The zero-order valence-electron chi connectivity index (χ0n) is 57.2. The number of Topliss-reactive ketones (excluding diaryl/α,β-unsaturated/α-hetero) is 1. The van der Waals surface area contributed by atoms with E-state index in [-0.39, 0.29) is 70.9 Å². The standard InChI is InChI=1S/C34H55N5O7S.C34H53N5O7S/c2*1-7-16-35-29(42)26(40)22(18-20-11-12-20)36-28(41)25-24-21(33(24,5)6)19-39(25)30(43)27(32(2,3)4)37-31(44)38-34(14-9-8-10-15-34)23-13-17-47(23,45)46/h7,20-27,40H,1,8-19H2,2-6H3,(H,35,42)(H,36,41)(H2,37,38,44);7,20-25,27H,1,8-19H2,2-6H3,(H,35,42)(H,36,41)(H2,37,38,44)/t21-,22-,23-,24-,25-,26?,27+;21-,22-,23-,24-,25-,27+/m00/s1. The van der Waals surface area contributed by atoms with E-state index in [1.165, 1.54) is 17.1 Å². The number of aliphatic hydroxyl groups is 1. The smallest absolute Gasteiger partial charge is 0.315 e. The number of hydrogen-bond acceptors (Lipinski definition) is 14.